The van der Waals surface area contributed by atoms with Crippen LogP contribution in [0.25, 0.3) is 0 Å². The first-order chi connectivity index (χ1) is 16.6. The maximum absolute atomic E-state index is 13.0. The number of nitrogens with zero attached hydrogens (tertiary/aromatic N) is 2. The normalized spacial score (nSPS) is 27.7. The van der Waals surface area contributed by atoms with E-state index in [0.29, 0.717) is 28.7 Å². The van der Waals surface area contributed by atoms with Crippen LogP contribution in [0.2, 0.25) is 0 Å². The number of aromatic nitrogens is 2. The van der Waals surface area contributed by atoms with Crippen molar-refractivity contribution in [3.8, 4) is 23.0 Å². The summed E-state index contributed by atoms with van der Waals surface area (Å²) in [6.45, 7) is 0. The van der Waals surface area contributed by atoms with Gasteiger partial charge in [0.05, 0.1) is 11.4 Å². The largest absolute Gasteiger partial charge is 0.806 e. The molecule has 16 heteroatoms. The van der Waals surface area contributed by atoms with Gasteiger partial charge < -0.3 is 38.8 Å². The van der Waals surface area contributed by atoms with E-state index in [2.05, 4.69) is 0 Å². The minimum absolute atomic E-state index is 0.0229. The molecule has 16 N–H and O–H groups in total. The highest BCUT2D eigenvalue weighted by Gasteiger charge is 2.53. The molecule has 1 fully saturated rings. The van der Waals surface area contributed by atoms with Crippen molar-refractivity contribution in [3.05, 3.63) is 34.2 Å². The quantitative estimate of drug-likeness (QED) is 0.204. The van der Waals surface area contributed by atoms with Gasteiger partial charge in [-0.3, -0.25) is 45.9 Å². The number of fused-ring (bicyclic) bond motifs is 2. The Morgan fingerprint density at radius 1 is 0.611 bits per heavy atom. The third kappa shape index (κ3) is 3.70. The van der Waals surface area contributed by atoms with Gasteiger partial charge in [-0.15, -0.1) is 0 Å². The van der Waals surface area contributed by atoms with Gasteiger partial charge in [0.1, 0.15) is 0 Å². The fourth-order valence-electron chi connectivity index (χ4n) is 5.06. The fraction of sp³-hybridized carbons (Fsp3) is 0.600. The van der Waals surface area contributed by atoms with Crippen LogP contribution in [-0.2, 0) is 0 Å². The molecular formula is C20H32N10O6-2. The number of ether oxygens (including phenoxy) is 4. The molecule has 36 heavy (non-hydrogen) atoms. The highest BCUT2D eigenvalue weighted by atomic mass is 16.6. The number of hydrogen-bond acceptors (Lipinski definition) is 14. The summed E-state index contributed by atoms with van der Waals surface area (Å²) < 4.78 is 23.6. The van der Waals surface area contributed by atoms with Gasteiger partial charge in [0.15, 0.2) is 23.0 Å². The van der Waals surface area contributed by atoms with E-state index in [1.807, 2.05) is 0 Å². The average Bonchev–Trinajstić information content (AvgIpc) is 3.16. The fourth-order valence-corrected chi connectivity index (χ4v) is 5.06. The average molecular weight is 509 g/mol. The van der Waals surface area contributed by atoms with Crippen LogP contribution in [0.3, 0.4) is 0 Å². The zero-order valence-electron chi connectivity index (χ0n) is 19.5. The van der Waals surface area contributed by atoms with Crippen molar-refractivity contribution in [2.24, 2.45) is 45.9 Å². The molecule has 1 aliphatic carbocycles. The molecule has 0 bridgehead atoms. The minimum atomic E-state index is -2.10. The molecule has 0 amide bonds. The summed E-state index contributed by atoms with van der Waals surface area (Å²) in [5.41, 5.74) is 47.5. The molecule has 0 saturated heterocycles. The second kappa shape index (κ2) is 7.77. The minimum Gasteiger partial charge on any atom is -0.806 e. The van der Waals surface area contributed by atoms with Crippen LogP contribution in [0, 0.1) is 10.4 Å². The lowest BCUT2D eigenvalue weighted by Crippen LogP contribution is -2.82. The second-order valence-electron chi connectivity index (χ2n) is 9.92. The molecule has 5 rings (SSSR count). The van der Waals surface area contributed by atoms with Crippen molar-refractivity contribution < 1.29 is 18.9 Å². The molecule has 3 aliphatic rings. The molecule has 0 radical (unpaired) electrons. The first-order valence-corrected chi connectivity index (χ1v) is 11.6. The molecule has 0 spiro atoms. The summed E-state index contributed by atoms with van der Waals surface area (Å²) in [5.74, 6) is -8.94. The monoisotopic (exact) mass is 508 g/mol. The van der Waals surface area contributed by atoms with Crippen molar-refractivity contribution in [2.45, 2.75) is 73.8 Å². The molecule has 200 valence electrons. The van der Waals surface area contributed by atoms with Crippen LogP contribution in [0.15, 0.2) is 12.4 Å². The number of rotatable bonds is 2. The van der Waals surface area contributed by atoms with Gasteiger partial charge in [0, 0.05) is 24.2 Å². The third-order valence-corrected chi connectivity index (χ3v) is 7.13. The molecule has 0 aromatic carbocycles. The smallest absolute Gasteiger partial charge is 0.282 e. The van der Waals surface area contributed by atoms with Crippen molar-refractivity contribution in [1.82, 2.24) is 9.46 Å². The predicted molar refractivity (Wildman–Crippen MR) is 127 cm³/mol. The highest BCUT2D eigenvalue weighted by molar-refractivity contribution is 5.51. The Hall–Kier alpha value is -2.96. The molecule has 2 aromatic rings. The van der Waals surface area contributed by atoms with Gasteiger partial charge >= 0.3 is 0 Å². The van der Waals surface area contributed by atoms with Gasteiger partial charge in [-0.25, -0.2) is 0 Å². The van der Waals surface area contributed by atoms with E-state index >= 15 is 0 Å². The van der Waals surface area contributed by atoms with Gasteiger partial charge in [-0.1, -0.05) is 19.3 Å². The Bertz CT molecular complexity index is 1080. The van der Waals surface area contributed by atoms with Crippen LogP contribution in [-0.4, -0.2) is 32.9 Å². The lowest BCUT2D eigenvalue weighted by Gasteiger charge is -2.43. The summed E-state index contributed by atoms with van der Waals surface area (Å²) in [4.78, 5) is 0. The van der Waals surface area contributed by atoms with Crippen molar-refractivity contribution in [3.63, 3.8) is 0 Å². The number of hydrogen-bond donors (Lipinski definition) is 8. The van der Waals surface area contributed by atoms with E-state index < -0.39 is 23.4 Å². The number of nitrogens with two attached hydrogens (primary N) is 8. The lowest BCUT2D eigenvalue weighted by molar-refractivity contribution is -0.130. The first kappa shape index (κ1) is 24.7. The van der Waals surface area contributed by atoms with Crippen molar-refractivity contribution in [1.29, 1.82) is 0 Å². The first-order valence-electron chi connectivity index (χ1n) is 11.6. The van der Waals surface area contributed by atoms with Crippen LogP contribution in [0.1, 0.15) is 61.7 Å². The Morgan fingerprint density at radius 2 is 0.972 bits per heavy atom. The molecular weight excluding hydrogens is 476 g/mol. The SMILES string of the molecule is NC1(N)Oc2cn([O-])c(C3CCCCCC(c4c5c(cn4[O-])OC(N)(N)C(N)(N)O5)C3)c2OC1(N)N. The zero-order chi connectivity index (χ0) is 26.3. The van der Waals surface area contributed by atoms with Crippen molar-refractivity contribution >= 4 is 0 Å². The van der Waals surface area contributed by atoms with Gasteiger partial charge in [0.2, 0.25) is 0 Å². The summed E-state index contributed by atoms with van der Waals surface area (Å²) in [6.07, 6.45) is 6.45. The summed E-state index contributed by atoms with van der Waals surface area (Å²) in [7, 11) is 0. The summed E-state index contributed by atoms with van der Waals surface area (Å²) in [6, 6.07) is 0. The second-order valence-corrected chi connectivity index (χ2v) is 9.92. The predicted octanol–water partition coefficient (Wildman–Crippen LogP) is -1.97. The molecule has 2 unspecified atom stereocenters. The maximum Gasteiger partial charge on any atom is 0.282 e. The summed E-state index contributed by atoms with van der Waals surface area (Å²) >= 11 is 0. The molecule has 2 aliphatic heterocycles. The Kier molecular flexibility index (Phi) is 5.33. The van der Waals surface area contributed by atoms with Crippen LogP contribution in [0.5, 0.6) is 23.0 Å². The standard InChI is InChI=1S/C20H32N10O6/c21-17(22)19(25,26)35-15-11(33-17)7-29(31)13(15)9-4-2-1-3-5-10(6-9)14-16-12(8-30(14)32)34-18(23,24)20(27,28)36-16/h7-10H,1-6,21-28H2/q-2. The van der Waals surface area contributed by atoms with Crippen LogP contribution >= 0.6 is 0 Å². The molecule has 16 nitrogen and oxygen atoms in total. The van der Waals surface area contributed by atoms with Crippen LogP contribution in [0.4, 0.5) is 0 Å². The maximum atomic E-state index is 13.0. The van der Waals surface area contributed by atoms with E-state index in [1.54, 1.807) is 0 Å². The summed E-state index contributed by atoms with van der Waals surface area (Å²) in [5, 5.41) is 26.0. The van der Waals surface area contributed by atoms with E-state index in [0.717, 1.165) is 31.7 Å². The van der Waals surface area contributed by atoms with E-state index in [1.165, 1.54) is 0 Å². The lowest BCUT2D eigenvalue weighted by atomic mass is 9.80. The highest BCUT2D eigenvalue weighted by Crippen LogP contribution is 2.51. The zero-order valence-corrected chi connectivity index (χ0v) is 19.5. The third-order valence-electron chi connectivity index (χ3n) is 7.13. The van der Waals surface area contributed by atoms with Crippen LogP contribution < -0.4 is 64.8 Å². The molecule has 4 heterocycles. The van der Waals surface area contributed by atoms with E-state index in [4.69, 9.17) is 64.8 Å². The molecule has 1 saturated carbocycles. The molecule has 2 aromatic heterocycles. The topological polar surface area (TPSA) is 301 Å². The molecule has 2 atom stereocenters. The van der Waals surface area contributed by atoms with Crippen molar-refractivity contribution in [2.75, 3.05) is 0 Å². The Labute approximate surface area is 205 Å². The van der Waals surface area contributed by atoms with Gasteiger partial charge in [-0.05, 0) is 19.3 Å². The van der Waals surface area contributed by atoms with E-state index in [-0.39, 0.29) is 46.2 Å². The van der Waals surface area contributed by atoms with Gasteiger partial charge in [0.25, 0.3) is 23.4 Å². The van der Waals surface area contributed by atoms with E-state index in [9.17, 15) is 10.4 Å². The van der Waals surface area contributed by atoms with Gasteiger partial charge in [-0.2, -0.15) is 0 Å². The Morgan fingerprint density at radius 3 is 1.36 bits per heavy atom. The Balaban J connectivity index is 1.52.